The van der Waals surface area contributed by atoms with Gasteiger partial charge in [-0.2, -0.15) is 0 Å². The summed E-state index contributed by atoms with van der Waals surface area (Å²) in [6.07, 6.45) is 6.41. The SMILES string of the molecule is CCCCC(CC)COC(=O)CC=NCCNCCO. The van der Waals surface area contributed by atoms with Crippen LogP contribution < -0.4 is 5.32 Å². The first kappa shape index (κ1) is 19.1. The number of aliphatic hydroxyl groups excluding tert-OH is 1. The highest BCUT2D eigenvalue weighted by molar-refractivity contribution is 5.85. The number of hydrogen-bond acceptors (Lipinski definition) is 5. The van der Waals surface area contributed by atoms with Crippen molar-refractivity contribution in [2.45, 2.75) is 46.0 Å². The average Bonchev–Trinajstić information content (AvgIpc) is 2.46. The molecule has 5 heteroatoms. The minimum Gasteiger partial charge on any atom is -0.465 e. The molecule has 0 amide bonds. The predicted octanol–water partition coefficient (Wildman–Crippen LogP) is 1.79. The summed E-state index contributed by atoms with van der Waals surface area (Å²) in [5, 5.41) is 11.6. The number of hydrogen-bond donors (Lipinski definition) is 2. The first-order valence-corrected chi connectivity index (χ1v) is 7.70. The molecule has 0 saturated heterocycles. The van der Waals surface area contributed by atoms with Crippen molar-refractivity contribution in [3.63, 3.8) is 0 Å². The van der Waals surface area contributed by atoms with Gasteiger partial charge in [0.1, 0.15) is 0 Å². The highest BCUT2D eigenvalue weighted by atomic mass is 16.5. The van der Waals surface area contributed by atoms with Crippen molar-refractivity contribution in [3.05, 3.63) is 0 Å². The quantitative estimate of drug-likeness (QED) is 0.308. The average molecular weight is 286 g/mol. The Labute approximate surface area is 122 Å². The molecule has 2 N–H and O–H groups in total. The Bertz CT molecular complexity index is 258. The molecule has 5 nitrogen and oxygen atoms in total. The first-order chi connectivity index (χ1) is 9.74. The van der Waals surface area contributed by atoms with Crippen LogP contribution in [-0.2, 0) is 9.53 Å². The van der Waals surface area contributed by atoms with Crippen LogP contribution in [0, 0.1) is 5.92 Å². The van der Waals surface area contributed by atoms with Crippen molar-refractivity contribution in [1.82, 2.24) is 5.32 Å². The van der Waals surface area contributed by atoms with Crippen LogP contribution in [0.15, 0.2) is 4.99 Å². The summed E-state index contributed by atoms with van der Waals surface area (Å²) < 4.78 is 5.26. The van der Waals surface area contributed by atoms with Crippen LogP contribution in [0.2, 0.25) is 0 Å². The Morgan fingerprint density at radius 2 is 2.20 bits per heavy atom. The molecule has 20 heavy (non-hydrogen) atoms. The van der Waals surface area contributed by atoms with Gasteiger partial charge in [-0.25, -0.2) is 0 Å². The smallest absolute Gasteiger partial charge is 0.311 e. The fraction of sp³-hybridized carbons (Fsp3) is 0.867. The van der Waals surface area contributed by atoms with E-state index in [1.165, 1.54) is 12.8 Å². The number of unbranched alkanes of at least 4 members (excludes halogenated alkanes) is 1. The van der Waals surface area contributed by atoms with E-state index in [4.69, 9.17) is 9.84 Å². The highest BCUT2D eigenvalue weighted by Crippen LogP contribution is 2.12. The van der Waals surface area contributed by atoms with E-state index in [2.05, 4.69) is 24.2 Å². The Morgan fingerprint density at radius 3 is 2.85 bits per heavy atom. The molecule has 0 saturated carbocycles. The van der Waals surface area contributed by atoms with Crippen LogP contribution in [0.1, 0.15) is 46.0 Å². The van der Waals surface area contributed by atoms with Crippen LogP contribution in [-0.4, -0.2) is 50.1 Å². The Morgan fingerprint density at radius 1 is 1.40 bits per heavy atom. The number of carbonyl (C=O) groups is 1. The fourth-order valence-corrected chi connectivity index (χ4v) is 1.75. The zero-order valence-corrected chi connectivity index (χ0v) is 12.9. The number of ether oxygens (including phenoxy) is 1. The van der Waals surface area contributed by atoms with Crippen molar-refractivity contribution in [2.75, 3.05) is 32.8 Å². The molecule has 118 valence electrons. The van der Waals surface area contributed by atoms with Crippen molar-refractivity contribution in [1.29, 1.82) is 0 Å². The minimum atomic E-state index is -0.202. The molecule has 0 bridgehead atoms. The van der Waals surface area contributed by atoms with Crippen LogP contribution in [0.5, 0.6) is 0 Å². The Kier molecular flexibility index (Phi) is 13.8. The molecule has 0 spiro atoms. The molecule has 0 radical (unpaired) electrons. The van der Waals surface area contributed by atoms with Gasteiger partial charge in [-0.15, -0.1) is 0 Å². The standard InChI is InChI=1S/C15H30N2O3/c1-3-5-6-14(4-2)13-20-15(19)7-8-16-9-10-17-11-12-18/h8,14,17-18H,3-7,9-13H2,1-2H3. The second kappa shape index (κ2) is 14.5. The summed E-state index contributed by atoms with van der Waals surface area (Å²) in [7, 11) is 0. The van der Waals surface area contributed by atoms with E-state index in [-0.39, 0.29) is 19.0 Å². The van der Waals surface area contributed by atoms with Gasteiger partial charge in [-0.05, 0) is 12.3 Å². The number of carbonyl (C=O) groups excluding carboxylic acids is 1. The zero-order valence-electron chi connectivity index (χ0n) is 12.9. The maximum atomic E-state index is 11.5. The molecule has 1 atom stereocenters. The summed E-state index contributed by atoms with van der Waals surface area (Å²) in [5.74, 6) is 0.283. The van der Waals surface area contributed by atoms with Crippen LogP contribution in [0.3, 0.4) is 0 Å². The number of aliphatic imine (C=N–C) groups is 1. The summed E-state index contributed by atoms with van der Waals surface area (Å²) in [5.41, 5.74) is 0. The summed E-state index contributed by atoms with van der Waals surface area (Å²) >= 11 is 0. The molecule has 0 aliphatic rings. The molecule has 0 aliphatic heterocycles. The van der Waals surface area contributed by atoms with Gasteiger partial charge in [0.05, 0.1) is 26.2 Å². The molecular weight excluding hydrogens is 256 g/mol. The number of esters is 1. The molecule has 0 aromatic rings. The van der Waals surface area contributed by atoms with E-state index < -0.39 is 0 Å². The largest absolute Gasteiger partial charge is 0.465 e. The molecule has 0 heterocycles. The van der Waals surface area contributed by atoms with Crippen LogP contribution in [0.4, 0.5) is 0 Å². The lowest BCUT2D eigenvalue weighted by Crippen LogP contribution is -2.21. The monoisotopic (exact) mass is 286 g/mol. The third-order valence-electron chi connectivity index (χ3n) is 3.12. The van der Waals surface area contributed by atoms with E-state index in [1.54, 1.807) is 6.21 Å². The van der Waals surface area contributed by atoms with Crippen LogP contribution >= 0.6 is 0 Å². The number of aliphatic hydroxyl groups is 1. The van der Waals surface area contributed by atoms with Gasteiger partial charge in [0.2, 0.25) is 0 Å². The second-order valence-corrected chi connectivity index (χ2v) is 4.87. The van der Waals surface area contributed by atoms with Gasteiger partial charge in [0.15, 0.2) is 0 Å². The van der Waals surface area contributed by atoms with E-state index >= 15 is 0 Å². The van der Waals surface area contributed by atoms with E-state index in [1.807, 2.05) is 0 Å². The molecule has 0 fully saturated rings. The molecule has 0 aliphatic carbocycles. The molecule has 0 aromatic carbocycles. The third-order valence-corrected chi connectivity index (χ3v) is 3.12. The van der Waals surface area contributed by atoms with Gasteiger partial charge >= 0.3 is 5.97 Å². The summed E-state index contributed by atoms with van der Waals surface area (Å²) in [6, 6.07) is 0. The highest BCUT2D eigenvalue weighted by Gasteiger charge is 2.08. The van der Waals surface area contributed by atoms with Crippen molar-refractivity contribution in [2.24, 2.45) is 10.9 Å². The lowest BCUT2D eigenvalue weighted by Gasteiger charge is -2.14. The number of rotatable bonds is 13. The zero-order chi connectivity index (χ0) is 15.1. The van der Waals surface area contributed by atoms with E-state index in [9.17, 15) is 4.79 Å². The maximum absolute atomic E-state index is 11.5. The van der Waals surface area contributed by atoms with E-state index in [0.717, 1.165) is 12.8 Å². The topological polar surface area (TPSA) is 70.9 Å². The molecule has 1 unspecified atom stereocenters. The van der Waals surface area contributed by atoms with Crippen molar-refractivity contribution < 1.29 is 14.6 Å². The second-order valence-electron chi connectivity index (χ2n) is 4.87. The summed E-state index contributed by atoms with van der Waals surface area (Å²) in [4.78, 5) is 15.6. The van der Waals surface area contributed by atoms with E-state index in [0.29, 0.717) is 32.2 Å². The third kappa shape index (κ3) is 12.1. The molecule has 0 aromatic heterocycles. The van der Waals surface area contributed by atoms with Gasteiger partial charge in [0.25, 0.3) is 0 Å². The minimum absolute atomic E-state index is 0.132. The Hall–Kier alpha value is -0.940. The van der Waals surface area contributed by atoms with Crippen molar-refractivity contribution >= 4 is 12.2 Å². The molecule has 0 rings (SSSR count). The Balaban J connectivity index is 3.58. The van der Waals surface area contributed by atoms with Gasteiger partial charge < -0.3 is 15.2 Å². The van der Waals surface area contributed by atoms with Gasteiger partial charge in [-0.3, -0.25) is 9.79 Å². The normalized spacial score (nSPS) is 12.8. The number of nitrogens with one attached hydrogen (secondary N) is 1. The maximum Gasteiger partial charge on any atom is 0.311 e. The fourth-order valence-electron chi connectivity index (χ4n) is 1.75. The van der Waals surface area contributed by atoms with Gasteiger partial charge in [-0.1, -0.05) is 33.1 Å². The first-order valence-electron chi connectivity index (χ1n) is 7.70. The number of nitrogens with zero attached hydrogens (tertiary/aromatic N) is 1. The lowest BCUT2D eigenvalue weighted by atomic mass is 10.0. The molecular formula is C15H30N2O3. The predicted molar refractivity (Wildman–Crippen MR) is 82.2 cm³/mol. The van der Waals surface area contributed by atoms with Crippen molar-refractivity contribution in [3.8, 4) is 0 Å². The summed E-state index contributed by atoms with van der Waals surface area (Å²) in [6.45, 7) is 6.86. The lowest BCUT2D eigenvalue weighted by molar-refractivity contribution is -0.143. The van der Waals surface area contributed by atoms with Gasteiger partial charge in [0, 0.05) is 19.3 Å². The van der Waals surface area contributed by atoms with Crippen LogP contribution in [0.25, 0.3) is 0 Å².